The van der Waals surface area contributed by atoms with Gasteiger partial charge in [-0.2, -0.15) is 0 Å². The molecule has 0 N–H and O–H groups in total. The zero-order valence-electron chi connectivity index (χ0n) is 9.28. The highest BCUT2D eigenvalue weighted by Gasteiger charge is 2.32. The molecular formula is C12H15NO2. The third kappa shape index (κ3) is 1.91. The maximum Gasteiger partial charge on any atom is 0.261 e. The van der Waals surface area contributed by atoms with Crippen LogP contribution in [0.4, 0.5) is 0 Å². The van der Waals surface area contributed by atoms with Gasteiger partial charge in [0, 0.05) is 7.05 Å². The average molecular weight is 205 g/mol. The Bertz CT molecular complexity index is 341. The molecule has 0 saturated carbocycles. The fourth-order valence-corrected chi connectivity index (χ4v) is 1.46. The number of amides is 2. The van der Waals surface area contributed by atoms with Gasteiger partial charge in [-0.25, -0.2) is 0 Å². The highest BCUT2D eigenvalue weighted by Crippen LogP contribution is 2.23. The maximum atomic E-state index is 11.5. The first-order chi connectivity index (χ1) is 7.22. The van der Waals surface area contributed by atoms with Crippen molar-refractivity contribution in [2.75, 3.05) is 7.05 Å². The molecule has 0 aromatic carbocycles. The summed E-state index contributed by atoms with van der Waals surface area (Å²) in [5.74, 6) is -0.411. The molecule has 0 spiro atoms. The molecule has 0 fully saturated rings. The van der Waals surface area contributed by atoms with Crippen LogP contribution in [0, 0.1) is 0 Å². The monoisotopic (exact) mass is 205 g/mol. The second kappa shape index (κ2) is 4.73. The van der Waals surface area contributed by atoms with Gasteiger partial charge in [0.2, 0.25) is 0 Å². The molecule has 80 valence electrons. The number of hydrogen-bond acceptors (Lipinski definition) is 2. The van der Waals surface area contributed by atoms with Crippen molar-refractivity contribution in [2.45, 2.75) is 20.3 Å². The first kappa shape index (κ1) is 11.4. The van der Waals surface area contributed by atoms with Gasteiger partial charge in [0.15, 0.2) is 0 Å². The first-order valence-corrected chi connectivity index (χ1v) is 5.11. The van der Waals surface area contributed by atoms with Gasteiger partial charge in [0.25, 0.3) is 11.8 Å². The number of carbonyl (C=O) groups is 2. The van der Waals surface area contributed by atoms with E-state index in [0.29, 0.717) is 11.1 Å². The molecule has 0 unspecified atom stereocenters. The fourth-order valence-electron chi connectivity index (χ4n) is 1.46. The molecule has 3 nitrogen and oxygen atoms in total. The van der Waals surface area contributed by atoms with E-state index in [0.717, 1.165) is 11.3 Å². The summed E-state index contributed by atoms with van der Waals surface area (Å²) in [4.78, 5) is 24.1. The summed E-state index contributed by atoms with van der Waals surface area (Å²) in [5, 5.41) is 0. The Labute approximate surface area is 89.8 Å². The summed E-state index contributed by atoms with van der Waals surface area (Å²) in [5.41, 5.74) is 1.03. The zero-order valence-corrected chi connectivity index (χ0v) is 9.28. The lowest BCUT2D eigenvalue weighted by Crippen LogP contribution is -2.26. The normalized spacial score (nSPS) is 18.7. The van der Waals surface area contributed by atoms with E-state index >= 15 is 0 Å². The van der Waals surface area contributed by atoms with Crippen LogP contribution in [-0.4, -0.2) is 23.8 Å². The third-order valence-electron chi connectivity index (χ3n) is 2.20. The van der Waals surface area contributed by atoms with Gasteiger partial charge in [-0.1, -0.05) is 38.2 Å². The number of likely N-dealkylation sites (N-methyl/N-ethyl adjacent to an activating group) is 1. The molecular weight excluding hydrogens is 190 g/mol. The molecule has 0 bridgehead atoms. The van der Waals surface area contributed by atoms with Crippen LogP contribution in [0.3, 0.4) is 0 Å². The van der Waals surface area contributed by atoms with Gasteiger partial charge < -0.3 is 0 Å². The van der Waals surface area contributed by atoms with Gasteiger partial charge in [-0.3, -0.25) is 14.5 Å². The van der Waals surface area contributed by atoms with Crippen molar-refractivity contribution >= 4 is 11.8 Å². The van der Waals surface area contributed by atoms with Gasteiger partial charge in [-0.05, 0) is 6.42 Å². The summed E-state index contributed by atoms with van der Waals surface area (Å²) in [6, 6.07) is 0. The number of allylic oxidation sites excluding steroid dienone is 2. The van der Waals surface area contributed by atoms with Crippen LogP contribution in [0.25, 0.3) is 0 Å². The molecule has 0 saturated heterocycles. The molecule has 0 aromatic heterocycles. The lowest BCUT2D eigenvalue weighted by molar-refractivity contribution is -0.135. The van der Waals surface area contributed by atoms with Crippen LogP contribution < -0.4 is 0 Å². The van der Waals surface area contributed by atoms with Crippen molar-refractivity contribution in [2.24, 2.45) is 0 Å². The molecule has 0 atom stereocenters. The van der Waals surface area contributed by atoms with Gasteiger partial charge in [-0.15, -0.1) is 0 Å². The SMILES string of the molecule is CC.CN1C(=O)C2=C(C=CCC=C2)C1=O. The van der Waals surface area contributed by atoms with Crippen LogP contribution in [0.5, 0.6) is 0 Å². The Balaban J connectivity index is 0.000000531. The van der Waals surface area contributed by atoms with Crippen molar-refractivity contribution < 1.29 is 9.59 Å². The van der Waals surface area contributed by atoms with E-state index in [2.05, 4.69) is 0 Å². The van der Waals surface area contributed by atoms with Crippen molar-refractivity contribution in [1.29, 1.82) is 0 Å². The van der Waals surface area contributed by atoms with Crippen LogP contribution >= 0.6 is 0 Å². The second-order valence-electron chi connectivity index (χ2n) is 3.04. The van der Waals surface area contributed by atoms with Crippen molar-refractivity contribution in [3.05, 3.63) is 35.5 Å². The Kier molecular flexibility index (Phi) is 3.61. The van der Waals surface area contributed by atoms with Crippen molar-refractivity contribution in [3.8, 4) is 0 Å². The molecule has 0 radical (unpaired) electrons. The van der Waals surface area contributed by atoms with E-state index in [9.17, 15) is 9.59 Å². The highest BCUT2D eigenvalue weighted by atomic mass is 16.2. The van der Waals surface area contributed by atoms with E-state index in [1.807, 2.05) is 26.0 Å². The number of nitrogens with zero attached hydrogens (tertiary/aromatic N) is 1. The standard InChI is InChI=1S/C10H9NO2.C2H6/c1-11-9(12)7-5-3-2-4-6-8(7)10(11)13;1-2/h3-6H,2H2,1H3;1-2H3. The Morgan fingerprint density at radius 2 is 1.40 bits per heavy atom. The summed E-state index contributed by atoms with van der Waals surface area (Å²) in [6.45, 7) is 4.00. The fraction of sp³-hybridized carbons (Fsp3) is 0.333. The molecule has 1 aliphatic heterocycles. The first-order valence-electron chi connectivity index (χ1n) is 5.11. The summed E-state index contributed by atoms with van der Waals surface area (Å²) in [6.07, 6.45) is 7.97. The van der Waals surface area contributed by atoms with E-state index < -0.39 is 0 Å². The minimum atomic E-state index is -0.206. The predicted molar refractivity (Wildman–Crippen MR) is 59.0 cm³/mol. The van der Waals surface area contributed by atoms with Crippen LogP contribution in [0.1, 0.15) is 20.3 Å². The van der Waals surface area contributed by atoms with E-state index in [-0.39, 0.29) is 11.8 Å². The van der Waals surface area contributed by atoms with Gasteiger partial charge >= 0.3 is 0 Å². The second-order valence-corrected chi connectivity index (χ2v) is 3.04. The van der Waals surface area contributed by atoms with E-state index in [4.69, 9.17) is 0 Å². The molecule has 1 heterocycles. The lowest BCUT2D eigenvalue weighted by Gasteiger charge is -2.05. The number of imide groups is 1. The van der Waals surface area contributed by atoms with Gasteiger partial charge in [0.1, 0.15) is 0 Å². The Morgan fingerprint density at radius 1 is 1.00 bits per heavy atom. The molecule has 2 amide bonds. The summed E-state index contributed by atoms with van der Waals surface area (Å²) >= 11 is 0. The smallest absolute Gasteiger partial charge is 0.261 e. The Hall–Kier alpha value is -1.64. The van der Waals surface area contributed by atoms with Crippen molar-refractivity contribution in [1.82, 2.24) is 4.90 Å². The maximum absolute atomic E-state index is 11.5. The number of rotatable bonds is 0. The Morgan fingerprint density at radius 3 is 1.80 bits per heavy atom. The molecule has 2 rings (SSSR count). The zero-order chi connectivity index (χ0) is 11.4. The molecule has 15 heavy (non-hydrogen) atoms. The molecule has 0 aromatic rings. The highest BCUT2D eigenvalue weighted by molar-refractivity contribution is 6.21. The third-order valence-corrected chi connectivity index (χ3v) is 2.20. The van der Waals surface area contributed by atoms with Crippen LogP contribution in [0.15, 0.2) is 35.5 Å². The average Bonchev–Trinajstić information content (AvgIpc) is 2.51. The molecule has 1 aliphatic carbocycles. The number of carbonyl (C=O) groups excluding carboxylic acids is 2. The van der Waals surface area contributed by atoms with Crippen molar-refractivity contribution in [3.63, 3.8) is 0 Å². The minimum absolute atomic E-state index is 0.206. The van der Waals surface area contributed by atoms with E-state index in [1.165, 1.54) is 7.05 Å². The predicted octanol–water partition coefficient (Wildman–Crippen LogP) is 1.82. The molecule has 3 heteroatoms. The quantitative estimate of drug-likeness (QED) is 0.566. The topological polar surface area (TPSA) is 37.4 Å². The largest absolute Gasteiger partial charge is 0.277 e. The molecule has 2 aliphatic rings. The summed E-state index contributed by atoms with van der Waals surface area (Å²) in [7, 11) is 1.50. The van der Waals surface area contributed by atoms with Crippen LogP contribution in [0.2, 0.25) is 0 Å². The summed E-state index contributed by atoms with van der Waals surface area (Å²) < 4.78 is 0. The minimum Gasteiger partial charge on any atom is -0.277 e. The van der Waals surface area contributed by atoms with Gasteiger partial charge in [0.05, 0.1) is 11.1 Å². The lowest BCUT2D eigenvalue weighted by atomic mass is 10.1. The van der Waals surface area contributed by atoms with E-state index in [1.54, 1.807) is 12.2 Å². The van der Waals surface area contributed by atoms with Crippen LogP contribution in [-0.2, 0) is 9.59 Å². The number of hydrogen-bond donors (Lipinski definition) is 0.